The molecule has 198 valence electrons. The topological polar surface area (TPSA) is 69.0 Å². The maximum Gasteiger partial charge on any atom is 0.234 e. The molecule has 1 aromatic heterocycles. The van der Waals surface area contributed by atoms with Crippen LogP contribution in [0.15, 0.2) is 65.8 Å². The number of amides is 1. The zero-order valence-corrected chi connectivity index (χ0v) is 24.1. The summed E-state index contributed by atoms with van der Waals surface area (Å²) < 4.78 is 8.05. The quantitative estimate of drug-likeness (QED) is 0.247. The summed E-state index contributed by atoms with van der Waals surface area (Å²) >= 11 is 1.36. The highest BCUT2D eigenvalue weighted by Crippen LogP contribution is 2.27. The molecule has 0 radical (unpaired) electrons. The zero-order valence-electron chi connectivity index (χ0n) is 23.3. The molecule has 4 aromatic rings. The first-order chi connectivity index (χ1) is 18.0. The number of hydrogen-bond donors (Lipinski definition) is 1. The van der Waals surface area contributed by atoms with Gasteiger partial charge < -0.3 is 10.1 Å². The number of anilines is 1. The van der Waals surface area contributed by atoms with Gasteiger partial charge in [-0.25, -0.2) is 0 Å². The van der Waals surface area contributed by atoms with Crippen LogP contribution < -0.4 is 10.1 Å². The second-order valence-corrected chi connectivity index (χ2v) is 11.7. The number of nitrogens with one attached hydrogen (secondary N) is 1. The molecule has 0 atom stereocenters. The molecule has 0 aliphatic rings. The van der Waals surface area contributed by atoms with E-state index in [-0.39, 0.29) is 23.7 Å². The molecule has 0 unspecified atom stereocenters. The van der Waals surface area contributed by atoms with Crippen molar-refractivity contribution in [1.29, 1.82) is 0 Å². The number of benzene rings is 3. The number of aryl methyl sites for hydroxylation is 4. The Labute approximate surface area is 229 Å². The van der Waals surface area contributed by atoms with E-state index in [0.29, 0.717) is 11.0 Å². The van der Waals surface area contributed by atoms with Crippen LogP contribution in [-0.2, 0) is 16.8 Å². The molecule has 0 aliphatic carbocycles. The van der Waals surface area contributed by atoms with Gasteiger partial charge in [-0.05, 0) is 74.1 Å². The lowest BCUT2D eigenvalue weighted by Crippen LogP contribution is -2.16. The van der Waals surface area contributed by atoms with Gasteiger partial charge in [0, 0.05) is 11.4 Å². The number of aromatic nitrogens is 3. The molecular formula is C31H36N4O2S. The number of ether oxygens (including phenoxy) is 1. The highest BCUT2D eigenvalue weighted by Gasteiger charge is 2.18. The Balaban J connectivity index is 1.51. The lowest BCUT2D eigenvalue weighted by Gasteiger charge is -2.19. The third kappa shape index (κ3) is 6.64. The average molecular weight is 529 g/mol. The summed E-state index contributed by atoms with van der Waals surface area (Å²) in [4.78, 5) is 12.9. The summed E-state index contributed by atoms with van der Waals surface area (Å²) in [6.45, 7) is 15.0. The first kappa shape index (κ1) is 27.5. The van der Waals surface area contributed by atoms with Crippen LogP contribution in [0, 0.1) is 27.7 Å². The van der Waals surface area contributed by atoms with Gasteiger partial charge in [0.2, 0.25) is 5.91 Å². The second-order valence-electron chi connectivity index (χ2n) is 10.7. The van der Waals surface area contributed by atoms with Crippen LogP contribution in [0.4, 0.5) is 5.69 Å². The van der Waals surface area contributed by atoms with Crippen molar-refractivity contribution in [2.45, 2.75) is 65.6 Å². The van der Waals surface area contributed by atoms with Crippen LogP contribution in [0.5, 0.6) is 5.75 Å². The van der Waals surface area contributed by atoms with Gasteiger partial charge in [-0.2, -0.15) is 0 Å². The van der Waals surface area contributed by atoms with Crippen molar-refractivity contribution in [1.82, 2.24) is 14.8 Å². The lowest BCUT2D eigenvalue weighted by molar-refractivity contribution is -0.113. The van der Waals surface area contributed by atoms with Crippen LogP contribution in [0.25, 0.3) is 5.69 Å². The Morgan fingerprint density at radius 1 is 0.895 bits per heavy atom. The average Bonchev–Trinajstić information content (AvgIpc) is 3.26. The van der Waals surface area contributed by atoms with Gasteiger partial charge in [0.1, 0.15) is 12.4 Å². The van der Waals surface area contributed by atoms with Gasteiger partial charge in [-0.15, -0.1) is 10.2 Å². The molecule has 6 nitrogen and oxygen atoms in total. The summed E-state index contributed by atoms with van der Waals surface area (Å²) in [6, 6.07) is 20.5. The molecule has 0 spiro atoms. The Morgan fingerprint density at radius 2 is 1.53 bits per heavy atom. The summed E-state index contributed by atoms with van der Waals surface area (Å²) in [5.74, 6) is 1.57. The van der Waals surface area contributed by atoms with E-state index in [9.17, 15) is 4.79 Å². The zero-order chi connectivity index (χ0) is 27.4. The number of nitrogens with zero attached hydrogens (tertiary/aromatic N) is 3. The van der Waals surface area contributed by atoms with E-state index in [2.05, 4.69) is 86.5 Å². The van der Waals surface area contributed by atoms with Crippen molar-refractivity contribution in [3.05, 3.63) is 94.3 Å². The van der Waals surface area contributed by atoms with Crippen LogP contribution in [0.3, 0.4) is 0 Å². The summed E-state index contributed by atoms with van der Waals surface area (Å²) in [5.41, 5.74) is 7.58. The molecule has 0 saturated carbocycles. The van der Waals surface area contributed by atoms with E-state index in [1.807, 2.05) is 42.7 Å². The van der Waals surface area contributed by atoms with E-state index in [1.165, 1.54) is 22.9 Å². The highest BCUT2D eigenvalue weighted by molar-refractivity contribution is 7.99. The van der Waals surface area contributed by atoms with Gasteiger partial charge in [-0.1, -0.05) is 80.1 Å². The fraction of sp³-hybridized carbons (Fsp3) is 0.323. The van der Waals surface area contributed by atoms with Gasteiger partial charge in [0.15, 0.2) is 11.0 Å². The molecule has 0 saturated heterocycles. The lowest BCUT2D eigenvalue weighted by atomic mass is 9.87. The van der Waals surface area contributed by atoms with E-state index in [1.54, 1.807) is 0 Å². The molecule has 1 amide bonds. The Morgan fingerprint density at radius 3 is 2.13 bits per heavy atom. The summed E-state index contributed by atoms with van der Waals surface area (Å²) in [7, 11) is 0. The monoisotopic (exact) mass is 528 g/mol. The maximum atomic E-state index is 12.9. The number of thioether (sulfide) groups is 1. The molecule has 1 heterocycles. The predicted molar refractivity (Wildman–Crippen MR) is 156 cm³/mol. The summed E-state index contributed by atoms with van der Waals surface area (Å²) in [5, 5.41) is 12.5. The van der Waals surface area contributed by atoms with Crippen LogP contribution in [0.2, 0.25) is 0 Å². The third-order valence-electron chi connectivity index (χ3n) is 6.35. The number of hydrogen-bond acceptors (Lipinski definition) is 5. The van der Waals surface area contributed by atoms with Crippen LogP contribution in [0.1, 0.15) is 54.4 Å². The van der Waals surface area contributed by atoms with Gasteiger partial charge in [0.05, 0.1) is 5.75 Å². The smallest absolute Gasteiger partial charge is 0.234 e. The molecule has 0 fully saturated rings. The Kier molecular flexibility index (Phi) is 8.26. The molecule has 0 bridgehead atoms. The maximum absolute atomic E-state index is 12.9. The fourth-order valence-electron chi connectivity index (χ4n) is 4.32. The van der Waals surface area contributed by atoms with E-state index >= 15 is 0 Å². The third-order valence-corrected chi connectivity index (χ3v) is 7.28. The van der Waals surface area contributed by atoms with Crippen LogP contribution in [-0.4, -0.2) is 26.4 Å². The minimum absolute atomic E-state index is 0.0827. The van der Waals surface area contributed by atoms with E-state index < -0.39 is 0 Å². The van der Waals surface area contributed by atoms with Gasteiger partial charge in [-0.3, -0.25) is 9.36 Å². The highest BCUT2D eigenvalue weighted by atomic mass is 32.2. The molecule has 3 aromatic carbocycles. The molecular weight excluding hydrogens is 492 g/mol. The first-order valence-electron chi connectivity index (χ1n) is 12.8. The molecule has 7 heteroatoms. The fourth-order valence-corrected chi connectivity index (χ4v) is 5.09. The Bertz CT molecular complexity index is 1400. The normalized spacial score (nSPS) is 11.4. The molecule has 38 heavy (non-hydrogen) atoms. The van der Waals surface area contributed by atoms with Crippen molar-refractivity contribution in [2.24, 2.45) is 0 Å². The van der Waals surface area contributed by atoms with Crippen molar-refractivity contribution < 1.29 is 9.53 Å². The van der Waals surface area contributed by atoms with E-state index in [0.717, 1.165) is 33.8 Å². The van der Waals surface area contributed by atoms with Gasteiger partial charge in [0.25, 0.3) is 0 Å². The summed E-state index contributed by atoms with van der Waals surface area (Å²) in [6.07, 6.45) is 0. The first-order valence-corrected chi connectivity index (χ1v) is 13.7. The minimum atomic E-state index is -0.0831. The van der Waals surface area contributed by atoms with Crippen molar-refractivity contribution in [2.75, 3.05) is 11.1 Å². The Hall–Kier alpha value is -3.58. The van der Waals surface area contributed by atoms with Crippen LogP contribution >= 0.6 is 11.8 Å². The van der Waals surface area contributed by atoms with Crippen molar-refractivity contribution in [3.63, 3.8) is 0 Å². The SMILES string of the molecule is Cc1ccc(-n2c(COc3ccc(C(C)(C)C)cc3)nnc2SCC(=O)Nc2c(C)cc(C)cc2C)cc1. The largest absolute Gasteiger partial charge is 0.486 e. The molecule has 0 aliphatic heterocycles. The van der Waals surface area contributed by atoms with Crippen molar-refractivity contribution >= 4 is 23.4 Å². The minimum Gasteiger partial charge on any atom is -0.486 e. The predicted octanol–water partition coefficient (Wildman–Crippen LogP) is 7.11. The second kappa shape index (κ2) is 11.4. The number of rotatable bonds is 8. The van der Waals surface area contributed by atoms with Crippen molar-refractivity contribution in [3.8, 4) is 11.4 Å². The number of carbonyl (C=O) groups excluding carboxylic acids is 1. The van der Waals surface area contributed by atoms with E-state index in [4.69, 9.17) is 4.74 Å². The molecule has 1 N–H and O–H groups in total. The standard InChI is InChI=1S/C31H36N4O2S/c1-20-8-12-25(13-9-20)35-27(18-37-26-14-10-24(11-15-26)31(5,6)7)33-34-30(35)38-19-28(36)32-29-22(3)16-21(2)17-23(29)4/h8-17H,18-19H2,1-7H3,(H,32,36). The van der Waals surface area contributed by atoms with Gasteiger partial charge >= 0.3 is 0 Å². The number of carbonyl (C=O) groups is 1. The molecule has 4 rings (SSSR count).